The lowest BCUT2D eigenvalue weighted by atomic mass is 10.1. The smallest absolute Gasteiger partial charge is 0.267 e. The Bertz CT molecular complexity index is 1110. The molecule has 1 aliphatic rings. The van der Waals surface area contributed by atoms with Crippen LogP contribution in [0.3, 0.4) is 0 Å². The van der Waals surface area contributed by atoms with Crippen molar-refractivity contribution in [1.29, 1.82) is 0 Å². The van der Waals surface area contributed by atoms with Crippen molar-refractivity contribution in [3.05, 3.63) is 65.4 Å². The van der Waals surface area contributed by atoms with Crippen LogP contribution in [-0.2, 0) is 17.6 Å². The number of ether oxygens (including phenoxy) is 1. The Balaban J connectivity index is 1.55. The van der Waals surface area contributed by atoms with Crippen molar-refractivity contribution in [2.45, 2.75) is 19.3 Å². The van der Waals surface area contributed by atoms with Crippen LogP contribution >= 0.6 is 0 Å². The summed E-state index contributed by atoms with van der Waals surface area (Å²) in [6.07, 6.45) is 3.41. The molecule has 0 spiro atoms. The molecule has 1 heterocycles. The first-order valence-corrected chi connectivity index (χ1v) is 9.59. The van der Waals surface area contributed by atoms with E-state index in [1.807, 2.05) is 6.07 Å². The van der Waals surface area contributed by atoms with E-state index in [9.17, 15) is 9.59 Å². The molecule has 8 heteroatoms. The molecule has 0 bridgehead atoms. The average Bonchev–Trinajstić information content (AvgIpc) is 3.20. The normalized spacial score (nSPS) is 12.3. The number of rotatable bonds is 7. The molecule has 3 aromatic rings. The second-order valence-electron chi connectivity index (χ2n) is 7.06. The summed E-state index contributed by atoms with van der Waals surface area (Å²) in [5.74, 6) is 0.803. The van der Waals surface area contributed by atoms with Gasteiger partial charge in [-0.15, -0.1) is 0 Å². The van der Waals surface area contributed by atoms with E-state index in [4.69, 9.17) is 16.2 Å². The molecule has 2 aromatic carbocycles. The Kier molecular flexibility index (Phi) is 5.30. The fourth-order valence-electron chi connectivity index (χ4n) is 3.39. The lowest BCUT2D eigenvalue weighted by molar-refractivity contribution is -0.116. The van der Waals surface area contributed by atoms with E-state index >= 15 is 0 Å². The summed E-state index contributed by atoms with van der Waals surface area (Å²) in [7, 11) is 0. The Hall–Kier alpha value is -3.94. The fraction of sp³-hybridized carbons (Fsp3) is 0.182. The molecule has 0 saturated carbocycles. The van der Waals surface area contributed by atoms with Crippen molar-refractivity contribution in [1.82, 2.24) is 9.97 Å². The van der Waals surface area contributed by atoms with E-state index < -0.39 is 11.8 Å². The highest BCUT2D eigenvalue weighted by Crippen LogP contribution is 2.30. The van der Waals surface area contributed by atoms with Crippen molar-refractivity contribution in [2.24, 2.45) is 11.5 Å². The predicted molar refractivity (Wildman–Crippen MR) is 112 cm³/mol. The van der Waals surface area contributed by atoms with Crippen molar-refractivity contribution < 1.29 is 14.3 Å². The topological polar surface area (TPSA) is 133 Å². The first-order chi connectivity index (χ1) is 14.5. The standard InChI is InChI=1S/C22H21N5O3/c23-19(28)12-25-20-11-18(21(24)29)26-22(27-20)14-5-7-16(8-6-14)30-17-9-4-13-2-1-3-15(13)10-17/h4-11H,1-3,12H2,(H2,23,28)(H2,24,29)(H,25,26,27). The van der Waals surface area contributed by atoms with Gasteiger partial charge in [0.2, 0.25) is 5.91 Å². The Morgan fingerprint density at radius 2 is 1.67 bits per heavy atom. The molecule has 8 nitrogen and oxygen atoms in total. The third-order valence-electron chi connectivity index (χ3n) is 4.84. The zero-order valence-electron chi connectivity index (χ0n) is 16.2. The van der Waals surface area contributed by atoms with Crippen LogP contribution in [-0.4, -0.2) is 28.3 Å². The van der Waals surface area contributed by atoms with E-state index in [2.05, 4.69) is 27.4 Å². The minimum Gasteiger partial charge on any atom is -0.457 e. The summed E-state index contributed by atoms with van der Waals surface area (Å²) in [6, 6.07) is 14.8. The highest BCUT2D eigenvalue weighted by atomic mass is 16.5. The minimum absolute atomic E-state index is 0.0328. The number of nitrogens with zero attached hydrogens (tertiary/aromatic N) is 2. The Labute approximate surface area is 173 Å². The number of carbonyl (C=O) groups is 2. The number of nitrogens with two attached hydrogens (primary N) is 2. The Morgan fingerprint density at radius 3 is 2.40 bits per heavy atom. The Morgan fingerprint density at radius 1 is 0.933 bits per heavy atom. The van der Waals surface area contributed by atoms with E-state index in [1.165, 1.54) is 23.6 Å². The predicted octanol–water partition coefficient (Wildman–Crippen LogP) is 2.42. The molecule has 0 fully saturated rings. The van der Waals surface area contributed by atoms with E-state index in [1.54, 1.807) is 24.3 Å². The summed E-state index contributed by atoms with van der Waals surface area (Å²) in [4.78, 5) is 31.1. The number of aryl methyl sites for hydroxylation is 2. The molecular formula is C22H21N5O3. The summed E-state index contributed by atoms with van der Waals surface area (Å²) in [5, 5.41) is 2.76. The number of primary amides is 2. The van der Waals surface area contributed by atoms with Crippen LogP contribution in [0.2, 0.25) is 0 Å². The van der Waals surface area contributed by atoms with Gasteiger partial charge in [-0.1, -0.05) is 6.07 Å². The lowest BCUT2D eigenvalue weighted by Gasteiger charge is -2.10. The second-order valence-corrected chi connectivity index (χ2v) is 7.06. The molecule has 30 heavy (non-hydrogen) atoms. The number of nitrogens with one attached hydrogen (secondary N) is 1. The van der Waals surface area contributed by atoms with Gasteiger partial charge in [0.15, 0.2) is 5.82 Å². The highest BCUT2D eigenvalue weighted by molar-refractivity contribution is 5.92. The van der Waals surface area contributed by atoms with Gasteiger partial charge in [-0.2, -0.15) is 0 Å². The maximum absolute atomic E-state index is 11.6. The average molecular weight is 403 g/mol. The van der Waals surface area contributed by atoms with Crippen LogP contribution in [0.25, 0.3) is 11.4 Å². The fourth-order valence-corrected chi connectivity index (χ4v) is 3.39. The number of aromatic nitrogens is 2. The van der Waals surface area contributed by atoms with Crippen LogP contribution in [0, 0.1) is 0 Å². The zero-order chi connectivity index (χ0) is 21.1. The monoisotopic (exact) mass is 403 g/mol. The highest BCUT2D eigenvalue weighted by Gasteiger charge is 2.13. The zero-order valence-corrected chi connectivity index (χ0v) is 16.2. The van der Waals surface area contributed by atoms with E-state index in [0.29, 0.717) is 17.1 Å². The van der Waals surface area contributed by atoms with Gasteiger partial charge in [0, 0.05) is 11.6 Å². The van der Waals surface area contributed by atoms with Gasteiger partial charge in [0.05, 0.1) is 6.54 Å². The second kappa shape index (κ2) is 8.20. The van der Waals surface area contributed by atoms with Gasteiger partial charge in [-0.05, 0) is 66.8 Å². The van der Waals surface area contributed by atoms with Crippen LogP contribution < -0.4 is 21.5 Å². The van der Waals surface area contributed by atoms with Gasteiger partial charge < -0.3 is 21.5 Å². The van der Waals surface area contributed by atoms with Crippen molar-refractivity contribution in [2.75, 3.05) is 11.9 Å². The number of anilines is 1. The molecule has 5 N–H and O–H groups in total. The number of hydrogen-bond donors (Lipinski definition) is 3. The van der Waals surface area contributed by atoms with Crippen LogP contribution in [0.4, 0.5) is 5.82 Å². The summed E-state index contributed by atoms with van der Waals surface area (Å²) in [6.45, 7) is -0.123. The number of carbonyl (C=O) groups excluding carboxylic acids is 2. The van der Waals surface area contributed by atoms with Crippen molar-refractivity contribution in [3.63, 3.8) is 0 Å². The number of fused-ring (bicyclic) bond motifs is 1. The number of amides is 2. The molecule has 0 atom stereocenters. The third kappa shape index (κ3) is 4.38. The van der Waals surface area contributed by atoms with E-state index in [-0.39, 0.29) is 18.1 Å². The number of hydrogen-bond acceptors (Lipinski definition) is 6. The molecule has 2 amide bonds. The minimum atomic E-state index is -0.697. The van der Waals surface area contributed by atoms with Gasteiger partial charge >= 0.3 is 0 Å². The molecule has 1 aliphatic carbocycles. The van der Waals surface area contributed by atoms with Crippen LogP contribution in [0.15, 0.2) is 48.5 Å². The summed E-state index contributed by atoms with van der Waals surface area (Å²) < 4.78 is 5.97. The maximum Gasteiger partial charge on any atom is 0.267 e. The summed E-state index contributed by atoms with van der Waals surface area (Å²) >= 11 is 0. The quantitative estimate of drug-likeness (QED) is 0.555. The molecule has 0 saturated heterocycles. The van der Waals surface area contributed by atoms with Gasteiger partial charge in [-0.25, -0.2) is 9.97 Å². The van der Waals surface area contributed by atoms with Crippen molar-refractivity contribution in [3.8, 4) is 22.9 Å². The van der Waals surface area contributed by atoms with E-state index in [0.717, 1.165) is 18.6 Å². The largest absolute Gasteiger partial charge is 0.457 e. The van der Waals surface area contributed by atoms with Gasteiger partial charge in [0.1, 0.15) is 23.0 Å². The molecule has 0 unspecified atom stereocenters. The number of benzene rings is 2. The molecule has 152 valence electrons. The molecule has 1 aromatic heterocycles. The SMILES string of the molecule is NC(=O)CNc1cc(C(N)=O)nc(-c2ccc(Oc3ccc4c(c3)CCC4)cc2)n1. The first kappa shape index (κ1) is 19.4. The van der Waals surface area contributed by atoms with Crippen LogP contribution in [0.1, 0.15) is 28.0 Å². The first-order valence-electron chi connectivity index (χ1n) is 9.59. The van der Waals surface area contributed by atoms with Gasteiger partial charge in [-0.3, -0.25) is 9.59 Å². The molecule has 4 rings (SSSR count). The van der Waals surface area contributed by atoms with Crippen LogP contribution in [0.5, 0.6) is 11.5 Å². The molecular weight excluding hydrogens is 382 g/mol. The van der Waals surface area contributed by atoms with Crippen molar-refractivity contribution >= 4 is 17.6 Å². The lowest BCUT2D eigenvalue weighted by Crippen LogP contribution is -2.23. The third-order valence-corrected chi connectivity index (χ3v) is 4.84. The maximum atomic E-state index is 11.6. The summed E-state index contributed by atoms with van der Waals surface area (Å²) in [5.41, 5.74) is 14.0. The van der Waals surface area contributed by atoms with Gasteiger partial charge in [0.25, 0.3) is 5.91 Å². The molecule has 0 radical (unpaired) electrons. The molecule has 0 aliphatic heterocycles.